The summed E-state index contributed by atoms with van der Waals surface area (Å²) in [4.78, 5) is 0. The van der Waals surface area contributed by atoms with Crippen molar-refractivity contribution >= 4 is 0 Å². The number of hydrogen-bond donors (Lipinski definition) is 3. The minimum Gasteiger partial charge on any atom is -0.508 e. The molecule has 2 unspecified atom stereocenters. The molecule has 1 aromatic rings. The van der Waals surface area contributed by atoms with Crippen LogP contribution in [0.3, 0.4) is 0 Å². The average Bonchev–Trinajstić information content (AvgIpc) is 2.24. The molecule has 3 heteroatoms. The lowest BCUT2D eigenvalue weighted by atomic mass is 9.89. The molecule has 0 saturated carbocycles. The van der Waals surface area contributed by atoms with Crippen LogP contribution in [0.1, 0.15) is 45.7 Å². The molecule has 0 aliphatic carbocycles. The first-order valence-electron chi connectivity index (χ1n) is 6.49. The molecule has 1 aromatic carbocycles. The second-order valence-electron chi connectivity index (χ2n) is 6.11. The van der Waals surface area contributed by atoms with Crippen molar-refractivity contribution in [3.63, 3.8) is 0 Å². The monoisotopic (exact) mass is 251 g/mol. The van der Waals surface area contributed by atoms with E-state index in [-0.39, 0.29) is 17.6 Å². The predicted octanol–water partition coefficient (Wildman–Crippen LogP) is 2.84. The number of nitrogens with one attached hydrogen (secondary N) is 1. The summed E-state index contributed by atoms with van der Waals surface area (Å²) >= 11 is 0. The van der Waals surface area contributed by atoms with Gasteiger partial charge in [0.25, 0.3) is 0 Å². The third-order valence-electron chi connectivity index (χ3n) is 2.91. The Hall–Kier alpha value is -1.06. The zero-order chi connectivity index (χ0) is 13.8. The average molecular weight is 251 g/mol. The first kappa shape index (κ1) is 15.0. The Kier molecular flexibility index (Phi) is 5.17. The molecule has 0 aromatic heterocycles. The van der Waals surface area contributed by atoms with Crippen molar-refractivity contribution in [3.8, 4) is 5.75 Å². The molecular weight excluding hydrogens is 226 g/mol. The summed E-state index contributed by atoms with van der Waals surface area (Å²) in [5.41, 5.74) is 0.986. The molecule has 0 radical (unpaired) electrons. The molecule has 0 heterocycles. The van der Waals surface area contributed by atoms with Crippen LogP contribution in [0.2, 0.25) is 0 Å². The summed E-state index contributed by atoms with van der Waals surface area (Å²) in [5, 5.41) is 22.9. The quantitative estimate of drug-likeness (QED) is 0.754. The maximum absolute atomic E-state index is 9.92. The Morgan fingerprint density at radius 3 is 2.39 bits per heavy atom. The lowest BCUT2D eigenvalue weighted by Crippen LogP contribution is -2.31. The second-order valence-corrected chi connectivity index (χ2v) is 6.11. The summed E-state index contributed by atoms with van der Waals surface area (Å²) in [7, 11) is 0. The Morgan fingerprint density at radius 2 is 1.83 bits per heavy atom. The van der Waals surface area contributed by atoms with E-state index in [1.165, 1.54) is 0 Å². The Bertz CT molecular complexity index is 371. The molecular formula is C15H25NO2. The topological polar surface area (TPSA) is 52.5 Å². The van der Waals surface area contributed by atoms with Gasteiger partial charge in [-0.05, 0) is 24.8 Å². The van der Waals surface area contributed by atoms with Gasteiger partial charge >= 0.3 is 0 Å². The van der Waals surface area contributed by atoms with Crippen LogP contribution in [0.25, 0.3) is 0 Å². The van der Waals surface area contributed by atoms with E-state index >= 15 is 0 Å². The van der Waals surface area contributed by atoms with Gasteiger partial charge in [-0.2, -0.15) is 0 Å². The van der Waals surface area contributed by atoms with Crippen molar-refractivity contribution in [1.29, 1.82) is 0 Å². The largest absolute Gasteiger partial charge is 0.508 e. The molecule has 0 aliphatic rings. The van der Waals surface area contributed by atoms with E-state index in [0.717, 1.165) is 12.0 Å². The summed E-state index contributed by atoms with van der Waals surface area (Å²) in [5.74, 6) is 0.294. The molecule has 0 fully saturated rings. The van der Waals surface area contributed by atoms with Crippen LogP contribution in [0.4, 0.5) is 0 Å². The van der Waals surface area contributed by atoms with E-state index in [0.29, 0.717) is 12.3 Å². The standard InChI is InChI=1S/C15H25NO2/c1-11(13-7-5-6-8-14(13)18)16-10-12(17)9-15(2,3)4/h5-8,11-12,16-18H,9-10H2,1-4H3. The third-order valence-corrected chi connectivity index (χ3v) is 2.91. The highest BCUT2D eigenvalue weighted by atomic mass is 16.3. The minimum atomic E-state index is -0.363. The Labute approximate surface area is 110 Å². The molecule has 2 atom stereocenters. The molecule has 102 valence electrons. The first-order chi connectivity index (χ1) is 8.29. The molecule has 0 aliphatic heterocycles. The number of para-hydroxylation sites is 1. The van der Waals surface area contributed by atoms with Gasteiger partial charge < -0.3 is 15.5 Å². The minimum absolute atomic E-state index is 0.0285. The third kappa shape index (κ3) is 5.07. The lowest BCUT2D eigenvalue weighted by molar-refractivity contribution is 0.117. The van der Waals surface area contributed by atoms with E-state index in [2.05, 4.69) is 26.1 Å². The van der Waals surface area contributed by atoms with Crippen LogP contribution >= 0.6 is 0 Å². The highest BCUT2D eigenvalue weighted by Gasteiger charge is 2.17. The number of aliphatic hydroxyl groups is 1. The fraction of sp³-hybridized carbons (Fsp3) is 0.600. The summed E-state index contributed by atoms with van der Waals surface area (Å²) in [6.45, 7) is 8.86. The molecule has 3 N–H and O–H groups in total. The van der Waals surface area contributed by atoms with Crippen molar-refractivity contribution in [1.82, 2.24) is 5.32 Å². The van der Waals surface area contributed by atoms with Gasteiger partial charge in [0, 0.05) is 18.2 Å². The van der Waals surface area contributed by atoms with Crippen LogP contribution in [-0.4, -0.2) is 22.9 Å². The van der Waals surface area contributed by atoms with E-state index in [9.17, 15) is 10.2 Å². The number of benzene rings is 1. The van der Waals surface area contributed by atoms with Gasteiger partial charge in [-0.15, -0.1) is 0 Å². The van der Waals surface area contributed by atoms with Gasteiger partial charge in [0.2, 0.25) is 0 Å². The van der Waals surface area contributed by atoms with Gasteiger partial charge in [0.1, 0.15) is 5.75 Å². The van der Waals surface area contributed by atoms with Crippen molar-refractivity contribution in [2.45, 2.75) is 46.3 Å². The molecule has 3 nitrogen and oxygen atoms in total. The number of phenolic OH excluding ortho intramolecular Hbond substituents is 1. The highest BCUT2D eigenvalue weighted by Crippen LogP contribution is 2.24. The summed E-state index contributed by atoms with van der Waals surface area (Å²) in [6.07, 6.45) is 0.395. The lowest BCUT2D eigenvalue weighted by Gasteiger charge is -2.24. The van der Waals surface area contributed by atoms with Gasteiger partial charge in [0.05, 0.1) is 6.10 Å². The fourth-order valence-electron chi connectivity index (χ4n) is 2.06. The van der Waals surface area contributed by atoms with Gasteiger partial charge in [-0.1, -0.05) is 39.0 Å². The maximum atomic E-state index is 9.92. The van der Waals surface area contributed by atoms with Gasteiger partial charge in [-0.25, -0.2) is 0 Å². The number of rotatable bonds is 5. The predicted molar refractivity (Wildman–Crippen MR) is 74.6 cm³/mol. The zero-order valence-corrected chi connectivity index (χ0v) is 11.8. The van der Waals surface area contributed by atoms with Crippen molar-refractivity contribution in [3.05, 3.63) is 29.8 Å². The van der Waals surface area contributed by atoms with Crippen LogP contribution < -0.4 is 5.32 Å². The van der Waals surface area contributed by atoms with Crippen LogP contribution in [0, 0.1) is 5.41 Å². The second kappa shape index (κ2) is 6.21. The number of aliphatic hydroxyl groups excluding tert-OH is 1. The smallest absolute Gasteiger partial charge is 0.120 e. The van der Waals surface area contributed by atoms with E-state index < -0.39 is 0 Å². The summed E-state index contributed by atoms with van der Waals surface area (Å²) in [6, 6.07) is 7.31. The molecule has 0 saturated heterocycles. The van der Waals surface area contributed by atoms with E-state index in [4.69, 9.17) is 0 Å². The van der Waals surface area contributed by atoms with E-state index in [1.54, 1.807) is 12.1 Å². The van der Waals surface area contributed by atoms with Crippen LogP contribution in [0.15, 0.2) is 24.3 Å². The Morgan fingerprint density at radius 1 is 1.22 bits per heavy atom. The molecule has 1 rings (SSSR count). The van der Waals surface area contributed by atoms with Crippen molar-refractivity contribution < 1.29 is 10.2 Å². The zero-order valence-electron chi connectivity index (χ0n) is 11.8. The van der Waals surface area contributed by atoms with Crippen LogP contribution in [-0.2, 0) is 0 Å². The molecule has 0 bridgehead atoms. The SMILES string of the molecule is CC(NCC(O)CC(C)(C)C)c1ccccc1O. The normalized spacial score (nSPS) is 15.4. The van der Waals surface area contributed by atoms with Crippen molar-refractivity contribution in [2.75, 3.05) is 6.54 Å². The van der Waals surface area contributed by atoms with Crippen LogP contribution in [0.5, 0.6) is 5.75 Å². The first-order valence-corrected chi connectivity index (χ1v) is 6.49. The maximum Gasteiger partial charge on any atom is 0.120 e. The number of phenols is 1. The van der Waals surface area contributed by atoms with Crippen molar-refractivity contribution in [2.24, 2.45) is 5.41 Å². The highest BCUT2D eigenvalue weighted by molar-refractivity contribution is 5.34. The molecule has 0 spiro atoms. The fourth-order valence-corrected chi connectivity index (χ4v) is 2.06. The number of aromatic hydroxyl groups is 1. The van der Waals surface area contributed by atoms with Gasteiger partial charge in [-0.3, -0.25) is 0 Å². The molecule has 0 amide bonds. The molecule has 18 heavy (non-hydrogen) atoms. The van der Waals surface area contributed by atoms with E-state index in [1.807, 2.05) is 19.1 Å². The Balaban J connectivity index is 2.47. The number of hydrogen-bond acceptors (Lipinski definition) is 3. The van der Waals surface area contributed by atoms with Gasteiger partial charge in [0.15, 0.2) is 0 Å². The summed E-state index contributed by atoms with van der Waals surface area (Å²) < 4.78 is 0.